The summed E-state index contributed by atoms with van der Waals surface area (Å²) >= 11 is 0. The number of sulfonamides is 1. The lowest BCUT2D eigenvalue weighted by Crippen LogP contribution is -2.45. The van der Waals surface area contributed by atoms with Crippen LogP contribution in [0.1, 0.15) is 25.7 Å². The van der Waals surface area contributed by atoms with Gasteiger partial charge in [-0.1, -0.05) is 18.9 Å². The minimum absolute atomic E-state index is 0.141. The van der Waals surface area contributed by atoms with E-state index in [0.717, 1.165) is 18.9 Å². The number of hydrogen-bond acceptors (Lipinski definition) is 4. The van der Waals surface area contributed by atoms with Crippen LogP contribution in [0.25, 0.3) is 0 Å². The van der Waals surface area contributed by atoms with Crippen LogP contribution in [0.2, 0.25) is 0 Å². The van der Waals surface area contributed by atoms with E-state index in [0.29, 0.717) is 12.8 Å². The summed E-state index contributed by atoms with van der Waals surface area (Å²) in [5, 5.41) is 9.77. The molecule has 0 radical (unpaired) electrons. The third-order valence-electron chi connectivity index (χ3n) is 3.30. The highest BCUT2D eigenvalue weighted by Gasteiger charge is 2.30. The maximum absolute atomic E-state index is 13.6. The molecule has 1 aliphatic rings. The highest BCUT2D eigenvalue weighted by Crippen LogP contribution is 2.24. The van der Waals surface area contributed by atoms with Crippen LogP contribution < -0.4 is 10.5 Å². The Morgan fingerprint density at radius 2 is 2.00 bits per heavy atom. The summed E-state index contributed by atoms with van der Waals surface area (Å²) in [6, 6.07) is 3.13. The monoisotopic (exact) mass is 288 g/mol. The number of nitrogen functional groups attached to an aromatic ring is 1. The second-order valence-electron chi connectivity index (χ2n) is 4.74. The summed E-state index contributed by atoms with van der Waals surface area (Å²) < 4.78 is 40.3. The van der Waals surface area contributed by atoms with Crippen LogP contribution in [-0.2, 0) is 10.0 Å². The van der Waals surface area contributed by atoms with Gasteiger partial charge < -0.3 is 10.8 Å². The molecular weight excluding hydrogens is 271 g/mol. The van der Waals surface area contributed by atoms with Gasteiger partial charge in [0.2, 0.25) is 10.0 Å². The number of halogens is 1. The SMILES string of the molecule is Nc1cccc(F)c1S(=O)(=O)N[C@H]1CCCC[C@@H]1O. The maximum atomic E-state index is 13.6. The smallest absolute Gasteiger partial charge is 0.245 e. The number of nitrogens with two attached hydrogens (primary N) is 1. The van der Waals surface area contributed by atoms with E-state index in [1.165, 1.54) is 12.1 Å². The Morgan fingerprint density at radius 1 is 1.32 bits per heavy atom. The molecule has 0 unspecified atom stereocenters. The summed E-state index contributed by atoms with van der Waals surface area (Å²) in [5.74, 6) is -0.891. The fourth-order valence-corrected chi connectivity index (χ4v) is 3.81. The Balaban J connectivity index is 2.27. The summed E-state index contributed by atoms with van der Waals surface area (Å²) in [6.07, 6.45) is 2.03. The molecule has 19 heavy (non-hydrogen) atoms. The first-order valence-electron chi connectivity index (χ1n) is 6.16. The Labute approximate surface area is 111 Å². The number of nitrogens with one attached hydrogen (secondary N) is 1. The molecule has 0 aliphatic heterocycles. The topological polar surface area (TPSA) is 92.4 Å². The van der Waals surface area contributed by atoms with E-state index in [2.05, 4.69) is 4.72 Å². The van der Waals surface area contributed by atoms with Crippen LogP contribution in [0.15, 0.2) is 23.1 Å². The van der Waals surface area contributed by atoms with E-state index >= 15 is 0 Å². The zero-order chi connectivity index (χ0) is 14.0. The van der Waals surface area contributed by atoms with Crippen molar-refractivity contribution in [2.24, 2.45) is 0 Å². The number of rotatable bonds is 3. The normalized spacial score (nSPS) is 24.3. The van der Waals surface area contributed by atoms with Gasteiger partial charge >= 0.3 is 0 Å². The van der Waals surface area contributed by atoms with E-state index in [1.807, 2.05) is 0 Å². The van der Waals surface area contributed by atoms with Gasteiger partial charge in [0.25, 0.3) is 0 Å². The second kappa shape index (κ2) is 5.44. The van der Waals surface area contributed by atoms with E-state index in [-0.39, 0.29) is 5.69 Å². The number of aliphatic hydroxyl groups is 1. The maximum Gasteiger partial charge on any atom is 0.245 e. The molecule has 2 rings (SSSR count). The quantitative estimate of drug-likeness (QED) is 0.723. The van der Waals surface area contributed by atoms with E-state index < -0.39 is 32.9 Å². The zero-order valence-corrected chi connectivity index (χ0v) is 11.2. The molecule has 0 saturated heterocycles. The summed E-state index contributed by atoms with van der Waals surface area (Å²) in [4.78, 5) is -0.548. The van der Waals surface area contributed by atoms with Crippen molar-refractivity contribution in [2.45, 2.75) is 42.7 Å². The Bertz CT molecular complexity index is 542. The van der Waals surface area contributed by atoms with E-state index in [1.54, 1.807) is 0 Å². The third-order valence-corrected chi connectivity index (χ3v) is 4.88. The van der Waals surface area contributed by atoms with Gasteiger partial charge in [-0.3, -0.25) is 0 Å². The molecule has 1 aliphatic carbocycles. The van der Waals surface area contributed by atoms with Crippen molar-refractivity contribution < 1.29 is 17.9 Å². The number of hydrogen-bond donors (Lipinski definition) is 3. The van der Waals surface area contributed by atoms with Crippen LogP contribution in [0.3, 0.4) is 0 Å². The van der Waals surface area contributed by atoms with E-state index in [4.69, 9.17) is 5.73 Å². The van der Waals surface area contributed by atoms with Crippen molar-refractivity contribution in [3.05, 3.63) is 24.0 Å². The molecule has 2 atom stereocenters. The van der Waals surface area contributed by atoms with Gasteiger partial charge in [0.05, 0.1) is 11.8 Å². The van der Waals surface area contributed by atoms with Gasteiger partial charge in [-0.25, -0.2) is 17.5 Å². The highest BCUT2D eigenvalue weighted by atomic mass is 32.2. The van der Waals surface area contributed by atoms with E-state index in [9.17, 15) is 17.9 Å². The first kappa shape index (κ1) is 14.2. The lowest BCUT2D eigenvalue weighted by molar-refractivity contribution is 0.101. The molecular formula is C12H17FN2O3S. The minimum atomic E-state index is -4.06. The molecule has 1 aromatic carbocycles. The molecule has 0 bridgehead atoms. The number of benzene rings is 1. The molecule has 4 N–H and O–H groups in total. The Kier molecular flexibility index (Phi) is 4.07. The lowest BCUT2D eigenvalue weighted by atomic mass is 9.93. The molecule has 5 nitrogen and oxygen atoms in total. The van der Waals surface area contributed by atoms with Crippen LogP contribution in [0.4, 0.5) is 10.1 Å². The Hall–Kier alpha value is -1.18. The van der Waals surface area contributed by atoms with Crippen molar-refractivity contribution in [3.63, 3.8) is 0 Å². The Morgan fingerprint density at radius 3 is 2.63 bits per heavy atom. The molecule has 1 fully saturated rings. The number of anilines is 1. The average Bonchev–Trinajstić information content (AvgIpc) is 2.31. The first-order chi connectivity index (χ1) is 8.92. The molecule has 1 saturated carbocycles. The van der Waals surface area contributed by atoms with Gasteiger partial charge in [0.15, 0.2) is 0 Å². The molecule has 7 heteroatoms. The highest BCUT2D eigenvalue weighted by molar-refractivity contribution is 7.89. The predicted molar refractivity (Wildman–Crippen MR) is 69.4 cm³/mol. The third kappa shape index (κ3) is 3.05. The fraction of sp³-hybridized carbons (Fsp3) is 0.500. The molecule has 0 heterocycles. The van der Waals surface area contributed by atoms with Gasteiger partial charge in [-0.15, -0.1) is 0 Å². The van der Waals surface area contributed by atoms with Crippen LogP contribution in [-0.4, -0.2) is 25.7 Å². The summed E-state index contributed by atoms with van der Waals surface area (Å²) in [7, 11) is -4.06. The van der Waals surface area contributed by atoms with Crippen molar-refractivity contribution in [3.8, 4) is 0 Å². The fourth-order valence-electron chi connectivity index (χ4n) is 2.32. The largest absolute Gasteiger partial charge is 0.398 e. The molecule has 1 aromatic rings. The minimum Gasteiger partial charge on any atom is -0.398 e. The summed E-state index contributed by atoms with van der Waals surface area (Å²) in [6.45, 7) is 0. The predicted octanol–water partition coefficient (Wildman–Crippen LogP) is 0.990. The average molecular weight is 288 g/mol. The van der Waals surface area contributed by atoms with Crippen LogP contribution >= 0.6 is 0 Å². The number of aliphatic hydroxyl groups excluding tert-OH is 1. The van der Waals surface area contributed by atoms with Crippen molar-refractivity contribution in [1.29, 1.82) is 0 Å². The summed E-state index contributed by atoms with van der Waals surface area (Å²) in [5.41, 5.74) is 5.38. The molecule has 106 valence electrons. The van der Waals surface area contributed by atoms with Crippen LogP contribution in [0, 0.1) is 5.82 Å². The second-order valence-corrected chi connectivity index (χ2v) is 6.39. The first-order valence-corrected chi connectivity index (χ1v) is 7.64. The molecule has 0 aromatic heterocycles. The molecule has 0 spiro atoms. The lowest BCUT2D eigenvalue weighted by Gasteiger charge is -2.28. The van der Waals surface area contributed by atoms with Crippen molar-refractivity contribution >= 4 is 15.7 Å². The van der Waals surface area contributed by atoms with Gasteiger partial charge in [-0.05, 0) is 25.0 Å². The zero-order valence-electron chi connectivity index (χ0n) is 10.3. The van der Waals surface area contributed by atoms with Gasteiger partial charge in [-0.2, -0.15) is 0 Å². The van der Waals surface area contributed by atoms with Gasteiger partial charge in [0, 0.05) is 6.04 Å². The van der Waals surface area contributed by atoms with Crippen molar-refractivity contribution in [1.82, 2.24) is 4.72 Å². The molecule has 0 amide bonds. The van der Waals surface area contributed by atoms with Crippen LogP contribution in [0.5, 0.6) is 0 Å². The standard InChI is InChI=1S/C12H17FN2O3S/c13-8-4-3-5-9(14)12(8)19(17,18)15-10-6-1-2-7-11(10)16/h3-5,10-11,15-16H,1-2,6-7,14H2/t10-,11-/m0/s1. The van der Waals surface area contributed by atoms with Gasteiger partial charge in [0.1, 0.15) is 10.7 Å². The van der Waals surface area contributed by atoms with Crippen molar-refractivity contribution in [2.75, 3.05) is 5.73 Å².